The molecule has 0 aromatic heterocycles. The zero-order valence-electron chi connectivity index (χ0n) is 11.0. The molecule has 1 saturated carbocycles. The number of hydrogen-bond acceptors (Lipinski definition) is 4. The molecule has 19 heavy (non-hydrogen) atoms. The van der Waals surface area contributed by atoms with Crippen LogP contribution >= 0.6 is 0 Å². The van der Waals surface area contributed by atoms with Crippen LogP contribution in [-0.2, 0) is 0 Å². The fourth-order valence-corrected chi connectivity index (χ4v) is 2.53. The van der Waals surface area contributed by atoms with Gasteiger partial charge in [-0.15, -0.1) is 0 Å². The molecule has 0 atom stereocenters. The zero-order valence-corrected chi connectivity index (χ0v) is 11.0. The van der Waals surface area contributed by atoms with Crippen LogP contribution in [0.4, 0.5) is 0 Å². The lowest BCUT2D eigenvalue weighted by molar-refractivity contribution is 0.0637. The molecule has 2 fully saturated rings. The summed E-state index contributed by atoms with van der Waals surface area (Å²) >= 11 is 0. The summed E-state index contributed by atoms with van der Waals surface area (Å²) in [7, 11) is -0.423. The van der Waals surface area contributed by atoms with Crippen LogP contribution in [0.25, 0.3) is 0 Å². The lowest BCUT2D eigenvalue weighted by Gasteiger charge is -2.39. The first-order chi connectivity index (χ1) is 9.19. The van der Waals surface area contributed by atoms with Crippen LogP contribution < -0.4 is 4.74 Å². The van der Waals surface area contributed by atoms with Crippen LogP contribution in [0.15, 0.2) is 18.2 Å². The summed E-state index contributed by atoms with van der Waals surface area (Å²) in [6.45, 7) is 3.19. The molecule has 1 aromatic rings. The maximum absolute atomic E-state index is 9.40. The van der Waals surface area contributed by atoms with Gasteiger partial charge < -0.3 is 14.6 Å². The predicted octanol–water partition coefficient (Wildman–Crippen LogP) is 1.61. The molecule has 1 N–H and O–H groups in total. The minimum absolute atomic E-state index is 0.0798. The van der Waals surface area contributed by atoms with Crippen molar-refractivity contribution >= 4 is 7.05 Å². The average Bonchev–Trinajstić information content (AvgIpc) is 3.16. The maximum atomic E-state index is 9.40. The Bertz CT molecular complexity index is 517. The molecule has 0 spiro atoms. The van der Waals surface area contributed by atoms with Crippen LogP contribution in [0.1, 0.15) is 29.9 Å². The first kappa shape index (κ1) is 12.5. The fraction of sp³-hybridized carbons (Fsp3) is 0.500. The monoisotopic (exact) mass is 256 g/mol. The van der Waals surface area contributed by atoms with Gasteiger partial charge in [0, 0.05) is 13.1 Å². The molecular weight excluding hydrogens is 239 g/mol. The summed E-state index contributed by atoms with van der Waals surface area (Å²) in [5, 5.41) is 18.7. The van der Waals surface area contributed by atoms with Crippen molar-refractivity contribution in [3.8, 4) is 11.8 Å². The van der Waals surface area contributed by atoms with Crippen LogP contribution in [-0.4, -0.2) is 36.1 Å². The summed E-state index contributed by atoms with van der Waals surface area (Å²) in [6.07, 6.45) is 2.44. The highest BCUT2D eigenvalue weighted by Crippen LogP contribution is 2.43. The number of rotatable bonds is 4. The van der Waals surface area contributed by atoms with Crippen LogP contribution in [0.3, 0.4) is 0 Å². The predicted molar refractivity (Wildman–Crippen MR) is 73.0 cm³/mol. The topological polar surface area (TPSA) is 56.5 Å². The molecule has 0 radical (unpaired) electrons. The first-order valence-electron chi connectivity index (χ1n) is 6.81. The van der Waals surface area contributed by atoms with Gasteiger partial charge in [0.2, 0.25) is 0 Å². The second kappa shape index (κ2) is 4.88. The molecule has 0 amide bonds. The van der Waals surface area contributed by atoms with Crippen LogP contribution in [0.5, 0.6) is 5.75 Å². The molecule has 1 heterocycles. The van der Waals surface area contributed by atoms with Crippen molar-refractivity contribution in [3.05, 3.63) is 29.3 Å². The van der Waals surface area contributed by atoms with Crippen molar-refractivity contribution in [1.29, 1.82) is 5.26 Å². The van der Waals surface area contributed by atoms with E-state index in [1.54, 1.807) is 6.82 Å². The van der Waals surface area contributed by atoms with Crippen molar-refractivity contribution in [2.75, 3.05) is 13.1 Å². The molecule has 3 rings (SSSR count). The van der Waals surface area contributed by atoms with E-state index in [2.05, 4.69) is 6.07 Å². The van der Waals surface area contributed by atoms with Gasteiger partial charge in [-0.25, -0.2) is 0 Å². The van der Waals surface area contributed by atoms with Gasteiger partial charge in [0.15, 0.2) is 0 Å². The molecule has 1 aliphatic heterocycles. The average molecular weight is 256 g/mol. The van der Waals surface area contributed by atoms with E-state index < -0.39 is 7.05 Å². The Hall–Kier alpha value is -1.51. The third-order valence-electron chi connectivity index (χ3n) is 3.89. The van der Waals surface area contributed by atoms with Crippen molar-refractivity contribution < 1.29 is 9.76 Å². The standard InChI is InChI=1S/C14H17BN2O2/c1-15(18)17-8-11(9-17)19-14-4-2-3-12(10-5-6-10)13(14)7-16/h2-4,10-11,18H,5-6,8-9H2,1H3. The Morgan fingerprint density at radius 2 is 2.16 bits per heavy atom. The Balaban J connectivity index is 1.72. The first-order valence-corrected chi connectivity index (χ1v) is 6.81. The van der Waals surface area contributed by atoms with Crippen molar-refractivity contribution in [2.24, 2.45) is 0 Å². The largest absolute Gasteiger partial charge is 0.486 e. The van der Waals surface area contributed by atoms with Gasteiger partial charge in [-0.05, 0) is 37.2 Å². The normalized spacial score (nSPS) is 19.6. The van der Waals surface area contributed by atoms with Gasteiger partial charge in [0.25, 0.3) is 0 Å². The van der Waals surface area contributed by atoms with Crippen LogP contribution in [0.2, 0.25) is 6.82 Å². The molecule has 1 aromatic carbocycles. The van der Waals surface area contributed by atoms with E-state index in [9.17, 15) is 10.3 Å². The third kappa shape index (κ3) is 2.47. The highest BCUT2D eigenvalue weighted by atomic mass is 16.5. The van der Waals surface area contributed by atoms with Gasteiger partial charge in [-0.1, -0.05) is 12.1 Å². The molecular formula is C14H17BN2O2. The van der Waals surface area contributed by atoms with E-state index in [4.69, 9.17) is 4.74 Å². The number of benzene rings is 1. The summed E-state index contributed by atoms with van der Waals surface area (Å²) in [5.41, 5.74) is 1.83. The van der Waals surface area contributed by atoms with E-state index in [1.807, 2.05) is 23.0 Å². The number of nitrogens with zero attached hydrogens (tertiary/aromatic N) is 2. The minimum Gasteiger partial charge on any atom is -0.486 e. The molecule has 4 nitrogen and oxygen atoms in total. The summed E-state index contributed by atoms with van der Waals surface area (Å²) in [5.74, 6) is 1.25. The lowest BCUT2D eigenvalue weighted by atomic mass is 9.81. The van der Waals surface area contributed by atoms with E-state index >= 15 is 0 Å². The van der Waals surface area contributed by atoms with E-state index in [1.165, 1.54) is 12.8 Å². The summed E-state index contributed by atoms with van der Waals surface area (Å²) in [6, 6.07) is 8.16. The fourth-order valence-electron chi connectivity index (χ4n) is 2.53. The molecule has 5 heteroatoms. The molecule has 1 saturated heterocycles. The van der Waals surface area contributed by atoms with E-state index in [-0.39, 0.29) is 6.10 Å². The molecule has 0 bridgehead atoms. The summed E-state index contributed by atoms with van der Waals surface area (Å²) < 4.78 is 5.90. The number of nitriles is 1. The molecule has 2 aliphatic rings. The Morgan fingerprint density at radius 1 is 1.42 bits per heavy atom. The molecule has 0 unspecified atom stereocenters. The van der Waals surface area contributed by atoms with Gasteiger partial charge in [-0.2, -0.15) is 5.26 Å². The second-order valence-electron chi connectivity index (χ2n) is 5.43. The third-order valence-corrected chi connectivity index (χ3v) is 3.89. The Morgan fingerprint density at radius 3 is 2.74 bits per heavy atom. The number of ether oxygens (including phenoxy) is 1. The maximum Gasteiger partial charge on any atom is 0.376 e. The van der Waals surface area contributed by atoms with E-state index in [0.29, 0.717) is 17.2 Å². The SMILES string of the molecule is CB(O)N1CC(Oc2cccc(C3CC3)c2C#N)C1. The van der Waals surface area contributed by atoms with Crippen molar-refractivity contribution in [2.45, 2.75) is 31.7 Å². The highest BCUT2D eigenvalue weighted by molar-refractivity contribution is 6.45. The number of hydrogen-bond donors (Lipinski definition) is 1. The lowest BCUT2D eigenvalue weighted by Crippen LogP contribution is -2.59. The van der Waals surface area contributed by atoms with Gasteiger partial charge in [-0.3, -0.25) is 0 Å². The Labute approximate surface area is 113 Å². The van der Waals surface area contributed by atoms with Gasteiger partial charge >= 0.3 is 7.05 Å². The van der Waals surface area contributed by atoms with Crippen molar-refractivity contribution in [3.63, 3.8) is 0 Å². The van der Waals surface area contributed by atoms with Crippen molar-refractivity contribution in [1.82, 2.24) is 4.81 Å². The zero-order chi connectivity index (χ0) is 13.4. The highest BCUT2D eigenvalue weighted by Gasteiger charge is 2.34. The van der Waals surface area contributed by atoms with Gasteiger partial charge in [0.05, 0.1) is 5.56 Å². The summed E-state index contributed by atoms with van der Waals surface area (Å²) in [4.78, 5) is 1.93. The minimum atomic E-state index is -0.423. The van der Waals surface area contributed by atoms with Crippen LogP contribution in [0, 0.1) is 11.3 Å². The molecule has 1 aliphatic carbocycles. The molecule has 98 valence electrons. The van der Waals surface area contributed by atoms with Gasteiger partial charge in [0.1, 0.15) is 17.9 Å². The Kier molecular flexibility index (Phi) is 3.22. The quantitative estimate of drug-likeness (QED) is 0.831. The van der Waals surface area contributed by atoms with E-state index in [0.717, 1.165) is 18.7 Å². The second-order valence-corrected chi connectivity index (χ2v) is 5.43. The smallest absolute Gasteiger partial charge is 0.376 e.